The zero-order chi connectivity index (χ0) is 19.5. The second-order valence-corrected chi connectivity index (χ2v) is 7.55. The number of carbonyl (C=O) groups excluding carboxylic acids is 1. The van der Waals surface area contributed by atoms with Crippen LogP contribution in [0.15, 0.2) is 22.7 Å². The molecule has 2 aromatic rings. The molecule has 2 aliphatic rings. The largest absolute Gasteiger partial charge is 0.368 e. The summed E-state index contributed by atoms with van der Waals surface area (Å²) >= 11 is 0. The molecule has 2 saturated heterocycles. The average molecular weight is 384 g/mol. The molecule has 0 bridgehead atoms. The zero-order valence-electron chi connectivity index (χ0n) is 16.7. The standard InChI is InChI=1S/C21H28N4O3/c1-3-18-21(15(2)23-28-18)17-8-6-7-16(22-17)19-13-25(11-12-27-19)20(26)14-24-9-4-5-10-24/h6-8,19H,3-5,9-14H2,1-2H3. The molecule has 1 unspecified atom stereocenters. The van der Waals surface area contributed by atoms with Gasteiger partial charge in [-0.15, -0.1) is 0 Å². The number of aryl methyl sites for hydroxylation is 2. The zero-order valence-corrected chi connectivity index (χ0v) is 16.7. The fourth-order valence-corrected chi connectivity index (χ4v) is 4.04. The first-order valence-electron chi connectivity index (χ1n) is 10.2. The van der Waals surface area contributed by atoms with Gasteiger partial charge in [-0.1, -0.05) is 18.1 Å². The summed E-state index contributed by atoms with van der Waals surface area (Å²) in [7, 11) is 0. The number of rotatable bonds is 5. The molecule has 2 aliphatic heterocycles. The molecular formula is C21H28N4O3. The second kappa shape index (κ2) is 8.41. The van der Waals surface area contributed by atoms with Crippen molar-refractivity contribution in [3.63, 3.8) is 0 Å². The molecular weight excluding hydrogens is 356 g/mol. The van der Waals surface area contributed by atoms with Crippen LogP contribution in [0, 0.1) is 6.92 Å². The van der Waals surface area contributed by atoms with Crippen molar-refractivity contribution in [2.24, 2.45) is 0 Å². The van der Waals surface area contributed by atoms with Gasteiger partial charge in [0.25, 0.3) is 0 Å². The fourth-order valence-electron chi connectivity index (χ4n) is 4.04. The maximum absolute atomic E-state index is 12.7. The Bertz CT molecular complexity index is 829. The molecule has 1 amide bonds. The highest BCUT2D eigenvalue weighted by Gasteiger charge is 2.28. The molecule has 4 rings (SSSR count). The molecule has 1 atom stereocenters. The summed E-state index contributed by atoms with van der Waals surface area (Å²) in [6.45, 7) is 8.28. The van der Waals surface area contributed by atoms with Crippen LogP contribution in [0.25, 0.3) is 11.3 Å². The van der Waals surface area contributed by atoms with Gasteiger partial charge in [0.05, 0.1) is 42.3 Å². The smallest absolute Gasteiger partial charge is 0.236 e. The van der Waals surface area contributed by atoms with Gasteiger partial charge in [0.1, 0.15) is 11.9 Å². The van der Waals surface area contributed by atoms with E-state index in [2.05, 4.69) is 10.1 Å². The number of hydrogen-bond donors (Lipinski definition) is 0. The number of likely N-dealkylation sites (tertiary alicyclic amines) is 1. The Morgan fingerprint density at radius 2 is 2.07 bits per heavy atom. The topological polar surface area (TPSA) is 71.7 Å². The fraction of sp³-hybridized carbons (Fsp3) is 0.571. The number of nitrogens with zero attached hydrogens (tertiary/aromatic N) is 4. The quantitative estimate of drug-likeness (QED) is 0.789. The predicted octanol–water partition coefficient (Wildman–Crippen LogP) is 2.60. The van der Waals surface area contributed by atoms with Crippen LogP contribution in [0.3, 0.4) is 0 Å². The Kier molecular flexibility index (Phi) is 5.73. The van der Waals surface area contributed by atoms with Gasteiger partial charge in [0.2, 0.25) is 5.91 Å². The number of pyridine rings is 1. The lowest BCUT2D eigenvalue weighted by atomic mass is 10.1. The van der Waals surface area contributed by atoms with Crippen molar-refractivity contribution in [3.05, 3.63) is 35.3 Å². The SMILES string of the molecule is CCc1onc(C)c1-c1cccc(C2CN(C(=O)CN3CCCC3)CCO2)n1. The molecule has 4 heterocycles. The number of ether oxygens (including phenoxy) is 1. The maximum atomic E-state index is 12.7. The van der Waals surface area contributed by atoms with E-state index in [1.165, 1.54) is 12.8 Å². The summed E-state index contributed by atoms with van der Waals surface area (Å²) in [6.07, 6.45) is 2.94. The Balaban J connectivity index is 1.49. The number of hydrogen-bond acceptors (Lipinski definition) is 6. The third-order valence-corrected chi connectivity index (χ3v) is 5.59. The molecule has 0 spiro atoms. The van der Waals surface area contributed by atoms with E-state index in [1.807, 2.05) is 36.9 Å². The van der Waals surface area contributed by atoms with Crippen molar-refractivity contribution in [1.29, 1.82) is 0 Å². The van der Waals surface area contributed by atoms with Crippen molar-refractivity contribution in [3.8, 4) is 11.3 Å². The van der Waals surface area contributed by atoms with Crippen LogP contribution in [-0.4, -0.2) is 65.2 Å². The number of aromatic nitrogens is 2. The normalized spacial score (nSPS) is 20.6. The van der Waals surface area contributed by atoms with Gasteiger partial charge < -0.3 is 14.2 Å². The van der Waals surface area contributed by atoms with Gasteiger partial charge in [-0.2, -0.15) is 0 Å². The summed E-state index contributed by atoms with van der Waals surface area (Å²) < 4.78 is 11.4. The monoisotopic (exact) mass is 384 g/mol. The van der Waals surface area contributed by atoms with E-state index in [0.29, 0.717) is 26.2 Å². The van der Waals surface area contributed by atoms with Crippen molar-refractivity contribution < 1.29 is 14.1 Å². The van der Waals surface area contributed by atoms with E-state index in [4.69, 9.17) is 14.2 Å². The van der Waals surface area contributed by atoms with Crippen LogP contribution < -0.4 is 0 Å². The van der Waals surface area contributed by atoms with Crippen molar-refractivity contribution in [1.82, 2.24) is 19.9 Å². The summed E-state index contributed by atoms with van der Waals surface area (Å²) in [5.74, 6) is 1.03. The van der Waals surface area contributed by atoms with Gasteiger partial charge in [0.15, 0.2) is 0 Å². The Morgan fingerprint density at radius 3 is 2.86 bits per heavy atom. The van der Waals surface area contributed by atoms with E-state index < -0.39 is 0 Å². The molecule has 0 saturated carbocycles. The highest BCUT2D eigenvalue weighted by Crippen LogP contribution is 2.29. The van der Waals surface area contributed by atoms with E-state index in [-0.39, 0.29) is 12.0 Å². The van der Waals surface area contributed by atoms with Gasteiger partial charge in [-0.05, 0) is 45.0 Å². The van der Waals surface area contributed by atoms with Crippen molar-refractivity contribution >= 4 is 5.91 Å². The molecule has 2 fully saturated rings. The minimum Gasteiger partial charge on any atom is -0.368 e. The molecule has 7 nitrogen and oxygen atoms in total. The minimum atomic E-state index is -0.207. The minimum absolute atomic E-state index is 0.189. The van der Waals surface area contributed by atoms with E-state index in [0.717, 1.165) is 47.9 Å². The first kappa shape index (κ1) is 19.1. The second-order valence-electron chi connectivity index (χ2n) is 7.55. The Hall–Kier alpha value is -2.25. The van der Waals surface area contributed by atoms with Crippen LogP contribution in [0.4, 0.5) is 0 Å². The number of carbonyl (C=O) groups is 1. The lowest BCUT2D eigenvalue weighted by Gasteiger charge is -2.33. The average Bonchev–Trinajstić information content (AvgIpc) is 3.37. The van der Waals surface area contributed by atoms with Crippen LogP contribution in [-0.2, 0) is 16.0 Å². The molecule has 0 radical (unpaired) electrons. The molecule has 28 heavy (non-hydrogen) atoms. The molecule has 2 aromatic heterocycles. The lowest BCUT2D eigenvalue weighted by molar-refractivity contribution is -0.140. The molecule has 0 aliphatic carbocycles. The molecule has 0 N–H and O–H groups in total. The third kappa shape index (κ3) is 3.95. The van der Waals surface area contributed by atoms with Crippen LogP contribution in [0.1, 0.15) is 43.0 Å². The predicted molar refractivity (Wildman–Crippen MR) is 105 cm³/mol. The summed E-state index contributed by atoms with van der Waals surface area (Å²) in [5, 5.41) is 4.09. The van der Waals surface area contributed by atoms with Gasteiger partial charge >= 0.3 is 0 Å². The number of amides is 1. The first-order chi connectivity index (χ1) is 13.7. The van der Waals surface area contributed by atoms with E-state index >= 15 is 0 Å². The Labute approximate surface area is 165 Å². The van der Waals surface area contributed by atoms with Crippen LogP contribution in [0.5, 0.6) is 0 Å². The third-order valence-electron chi connectivity index (χ3n) is 5.59. The van der Waals surface area contributed by atoms with Crippen LogP contribution in [0.2, 0.25) is 0 Å². The number of morpholine rings is 1. The summed E-state index contributed by atoms with van der Waals surface area (Å²) in [5.41, 5.74) is 3.49. The molecule has 0 aromatic carbocycles. The van der Waals surface area contributed by atoms with Crippen molar-refractivity contribution in [2.45, 2.75) is 39.2 Å². The highest BCUT2D eigenvalue weighted by molar-refractivity contribution is 5.78. The first-order valence-corrected chi connectivity index (χ1v) is 10.2. The highest BCUT2D eigenvalue weighted by atomic mass is 16.5. The van der Waals surface area contributed by atoms with E-state index in [9.17, 15) is 4.79 Å². The van der Waals surface area contributed by atoms with E-state index in [1.54, 1.807) is 0 Å². The molecule has 7 heteroatoms. The van der Waals surface area contributed by atoms with Gasteiger partial charge in [-0.25, -0.2) is 4.98 Å². The van der Waals surface area contributed by atoms with Gasteiger partial charge in [-0.3, -0.25) is 9.69 Å². The summed E-state index contributed by atoms with van der Waals surface area (Å²) in [6, 6.07) is 5.93. The summed E-state index contributed by atoms with van der Waals surface area (Å²) in [4.78, 5) is 21.7. The maximum Gasteiger partial charge on any atom is 0.236 e. The molecule has 150 valence electrons. The van der Waals surface area contributed by atoms with Gasteiger partial charge in [0, 0.05) is 13.0 Å². The Morgan fingerprint density at radius 1 is 1.25 bits per heavy atom. The lowest BCUT2D eigenvalue weighted by Crippen LogP contribution is -2.46. The van der Waals surface area contributed by atoms with Crippen LogP contribution >= 0.6 is 0 Å². The van der Waals surface area contributed by atoms with Crippen molar-refractivity contribution in [2.75, 3.05) is 39.3 Å².